The molecule has 2 aromatic carbocycles. The Balaban J connectivity index is 1.60. The van der Waals surface area contributed by atoms with E-state index in [9.17, 15) is 9.18 Å². The largest absolute Gasteiger partial charge is 0.484 e. The predicted molar refractivity (Wildman–Crippen MR) is 93.3 cm³/mol. The Morgan fingerprint density at radius 2 is 1.92 bits per heavy atom. The summed E-state index contributed by atoms with van der Waals surface area (Å²) in [5.41, 5.74) is 0.894. The maximum atomic E-state index is 12.8. The van der Waals surface area contributed by atoms with Crippen LogP contribution in [0.2, 0.25) is 5.02 Å². The van der Waals surface area contributed by atoms with Gasteiger partial charge in [0, 0.05) is 11.1 Å². The fraction of sp³-hybridized carbons (Fsp3) is 0.111. The highest BCUT2D eigenvalue weighted by molar-refractivity contribution is 6.31. The summed E-state index contributed by atoms with van der Waals surface area (Å²) in [6.07, 6.45) is 1.59. The number of benzene rings is 2. The van der Waals surface area contributed by atoms with E-state index in [1.165, 1.54) is 24.3 Å². The monoisotopic (exact) mass is 359 g/mol. The first-order valence-electron chi connectivity index (χ1n) is 7.55. The summed E-state index contributed by atoms with van der Waals surface area (Å²) in [5.74, 6) is 0.249. The molecule has 0 saturated heterocycles. The summed E-state index contributed by atoms with van der Waals surface area (Å²) in [5, 5.41) is 7.56. The molecule has 128 valence electrons. The van der Waals surface area contributed by atoms with Crippen LogP contribution < -0.4 is 10.1 Å². The molecule has 7 heteroatoms. The highest BCUT2D eigenvalue weighted by atomic mass is 35.5. The van der Waals surface area contributed by atoms with Gasteiger partial charge < -0.3 is 10.1 Å². The maximum absolute atomic E-state index is 12.8. The lowest BCUT2D eigenvalue weighted by molar-refractivity contribution is -0.118. The Kier molecular flexibility index (Phi) is 5.30. The van der Waals surface area contributed by atoms with Crippen molar-refractivity contribution in [3.8, 4) is 5.75 Å². The van der Waals surface area contributed by atoms with E-state index >= 15 is 0 Å². The van der Waals surface area contributed by atoms with Gasteiger partial charge in [-0.25, -0.2) is 9.07 Å². The number of nitrogens with zero attached hydrogens (tertiary/aromatic N) is 2. The molecule has 1 aromatic heterocycles. The number of ether oxygens (including phenoxy) is 1. The third-order valence-corrected chi connectivity index (χ3v) is 3.81. The fourth-order valence-electron chi connectivity index (χ4n) is 2.21. The van der Waals surface area contributed by atoms with Gasteiger partial charge in [-0.15, -0.1) is 0 Å². The van der Waals surface area contributed by atoms with Crippen LogP contribution in [0.25, 0.3) is 0 Å². The van der Waals surface area contributed by atoms with Crippen LogP contribution in [0.5, 0.6) is 5.75 Å². The average Bonchev–Trinajstić information content (AvgIpc) is 3.03. The lowest BCUT2D eigenvalue weighted by atomic mass is 10.2. The third kappa shape index (κ3) is 4.58. The van der Waals surface area contributed by atoms with Gasteiger partial charge in [0.2, 0.25) is 0 Å². The van der Waals surface area contributed by atoms with Crippen molar-refractivity contribution in [1.82, 2.24) is 9.78 Å². The molecule has 0 aliphatic heterocycles. The molecule has 0 unspecified atom stereocenters. The Bertz CT molecular complexity index is 865. The van der Waals surface area contributed by atoms with Gasteiger partial charge in [0.15, 0.2) is 6.61 Å². The molecule has 25 heavy (non-hydrogen) atoms. The van der Waals surface area contributed by atoms with Gasteiger partial charge in [0.25, 0.3) is 5.91 Å². The van der Waals surface area contributed by atoms with Crippen LogP contribution in [0.4, 0.5) is 10.2 Å². The van der Waals surface area contributed by atoms with Gasteiger partial charge in [0.1, 0.15) is 17.4 Å². The number of aromatic nitrogens is 2. The number of halogens is 2. The van der Waals surface area contributed by atoms with Crippen molar-refractivity contribution in [2.45, 2.75) is 6.54 Å². The molecule has 0 radical (unpaired) electrons. The summed E-state index contributed by atoms with van der Waals surface area (Å²) in [4.78, 5) is 12.0. The Morgan fingerprint density at radius 1 is 1.16 bits per heavy atom. The van der Waals surface area contributed by atoms with Crippen molar-refractivity contribution in [3.63, 3.8) is 0 Å². The molecule has 1 amide bonds. The van der Waals surface area contributed by atoms with Gasteiger partial charge in [-0.1, -0.05) is 29.8 Å². The van der Waals surface area contributed by atoms with Crippen LogP contribution in [-0.2, 0) is 11.3 Å². The van der Waals surface area contributed by atoms with Crippen LogP contribution in [0.15, 0.2) is 60.8 Å². The zero-order chi connectivity index (χ0) is 17.6. The maximum Gasteiger partial charge on any atom is 0.263 e. The molecule has 0 spiro atoms. The topological polar surface area (TPSA) is 56.1 Å². The SMILES string of the molecule is O=C(COc1ccc(F)cc1)Nc1ccnn1Cc1ccccc1Cl. The molecule has 1 heterocycles. The van der Waals surface area contributed by atoms with Crippen LogP contribution in [-0.4, -0.2) is 22.3 Å². The molecular weight excluding hydrogens is 345 g/mol. The van der Waals surface area contributed by atoms with Crippen molar-refractivity contribution in [1.29, 1.82) is 0 Å². The third-order valence-electron chi connectivity index (χ3n) is 3.45. The standard InChI is InChI=1S/C18H15ClFN3O2/c19-16-4-2-1-3-13(16)11-23-17(9-10-21-23)22-18(24)12-25-15-7-5-14(20)6-8-15/h1-10H,11-12H2,(H,22,24). The molecule has 3 aromatic rings. The first kappa shape index (κ1) is 17.0. The molecule has 0 saturated carbocycles. The van der Waals surface area contributed by atoms with E-state index in [4.69, 9.17) is 16.3 Å². The average molecular weight is 360 g/mol. The van der Waals surface area contributed by atoms with Crippen molar-refractivity contribution < 1.29 is 13.9 Å². The smallest absolute Gasteiger partial charge is 0.263 e. The lowest BCUT2D eigenvalue weighted by Gasteiger charge is -2.11. The first-order valence-corrected chi connectivity index (χ1v) is 7.93. The number of carbonyl (C=O) groups is 1. The van der Waals surface area contributed by atoms with Gasteiger partial charge in [-0.2, -0.15) is 5.10 Å². The van der Waals surface area contributed by atoms with Crippen LogP contribution in [0.3, 0.4) is 0 Å². The van der Waals surface area contributed by atoms with Crippen molar-refractivity contribution in [2.75, 3.05) is 11.9 Å². The second-order valence-corrected chi connectivity index (χ2v) is 5.66. The molecule has 0 aliphatic rings. The van der Waals surface area contributed by atoms with Crippen molar-refractivity contribution in [3.05, 3.63) is 77.2 Å². The van der Waals surface area contributed by atoms with E-state index in [1.54, 1.807) is 23.0 Å². The molecule has 0 aliphatic carbocycles. The Morgan fingerprint density at radius 3 is 2.68 bits per heavy atom. The second-order valence-electron chi connectivity index (χ2n) is 5.26. The lowest BCUT2D eigenvalue weighted by Crippen LogP contribution is -2.22. The molecule has 0 fully saturated rings. The number of anilines is 1. The van der Waals surface area contributed by atoms with E-state index in [1.807, 2.05) is 18.2 Å². The summed E-state index contributed by atoms with van der Waals surface area (Å²) in [6.45, 7) is 0.240. The number of nitrogens with one attached hydrogen (secondary N) is 1. The van der Waals surface area contributed by atoms with Crippen LogP contribution in [0, 0.1) is 5.82 Å². The normalized spacial score (nSPS) is 10.5. The van der Waals surface area contributed by atoms with E-state index in [0.29, 0.717) is 23.1 Å². The summed E-state index contributed by atoms with van der Waals surface area (Å²) < 4.78 is 19.8. The summed E-state index contributed by atoms with van der Waals surface area (Å²) in [6, 6.07) is 14.6. The quantitative estimate of drug-likeness (QED) is 0.729. The minimum absolute atomic E-state index is 0.192. The molecule has 3 rings (SSSR count). The molecule has 0 atom stereocenters. The van der Waals surface area contributed by atoms with Crippen LogP contribution in [0.1, 0.15) is 5.56 Å². The highest BCUT2D eigenvalue weighted by Gasteiger charge is 2.10. The van der Waals surface area contributed by atoms with E-state index in [2.05, 4.69) is 10.4 Å². The molecular formula is C18H15ClFN3O2. The molecule has 1 N–H and O–H groups in total. The number of hydrogen-bond donors (Lipinski definition) is 1. The van der Waals surface area contributed by atoms with Gasteiger partial charge in [-0.05, 0) is 35.9 Å². The zero-order valence-electron chi connectivity index (χ0n) is 13.2. The Hall–Kier alpha value is -2.86. The number of amides is 1. The first-order chi connectivity index (χ1) is 12.1. The predicted octanol–water partition coefficient (Wildman–Crippen LogP) is 3.74. The number of hydrogen-bond acceptors (Lipinski definition) is 3. The van der Waals surface area contributed by atoms with E-state index in [0.717, 1.165) is 5.56 Å². The van der Waals surface area contributed by atoms with Crippen molar-refractivity contribution in [2.24, 2.45) is 0 Å². The summed E-state index contributed by atoms with van der Waals surface area (Å²) >= 11 is 6.15. The minimum Gasteiger partial charge on any atom is -0.484 e. The van der Waals surface area contributed by atoms with Gasteiger partial charge in [-0.3, -0.25) is 4.79 Å². The Labute approximate surface area is 149 Å². The zero-order valence-corrected chi connectivity index (χ0v) is 13.9. The van der Waals surface area contributed by atoms with E-state index < -0.39 is 0 Å². The van der Waals surface area contributed by atoms with Gasteiger partial charge >= 0.3 is 0 Å². The van der Waals surface area contributed by atoms with E-state index in [-0.39, 0.29) is 18.3 Å². The summed E-state index contributed by atoms with van der Waals surface area (Å²) in [7, 11) is 0. The fourth-order valence-corrected chi connectivity index (χ4v) is 2.41. The van der Waals surface area contributed by atoms with Crippen LogP contribution >= 0.6 is 11.6 Å². The van der Waals surface area contributed by atoms with Crippen molar-refractivity contribution >= 4 is 23.3 Å². The molecule has 5 nitrogen and oxygen atoms in total. The number of carbonyl (C=O) groups excluding carboxylic acids is 1. The minimum atomic E-state index is -0.361. The highest BCUT2D eigenvalue weighted by Crippen LogP contribution is 2.18. The second kappa shape index (κ2) is 7.81. The molecule has 0 bridgehead atoms. The number of rotatable bonds is 6. The van der Waals surface area contributed by atoms with Gasteiger partial charge in [0.05, 0.1) is 12.7 Å².